The van der Waals surface area contributed by atoms with E-state index in [0.29, 0.717) is 37.5 Å². The van der Waals surface area contributed by atoms with Crippen molar-refractivity contribution in [2.45, 2.75) is 123 Å². The van der Waals surface area contributed by atoms with Crippen LogP contribution in [0.25, 0.3) is 0 Å². The third-order valence-corrected chi connectivity index (χ3v) is 7.51. The summed E-state index contributed by atoms with van der Waals surface area (Å²) in [6.07, 6.45) is 10.3. The van der Waals surface area contributed by atoms with Crippen molar-refractivity contribution in [1.82, 2.24) is 0 Å². The average Bonchev–Trinajstić information content (AvgIpc) is 2.63. The third kappa shape index (κ3) is 12.2. The molecule has 0 aromatic rings. The van der Waals surface area contributed by atoms with E-state index in [-0.39, 0.29) is 12.8 Å². The molecule has 0 saturated carbocycles. The number of carboxylic acid groups (broad SMARTS) is 2. The van der Waals surface area contributed by atoms with Crippen LogP contribution < -0.4 is 0 Å². The van der Waals surface area contributed by atoms with Gasteiger partial charge >= 0.3 is 11.9 Å². The minimum atomic E-state index is -5.07. The summed E-state index contributed by atoms with van der Waals surface area (Å²) in [5, 5.41) is 17.2. The Morgan fingerprint density at radius 2 is 1.03 bits per heavy atom. The van der Waals surface area contributed by atoms with Crippen molar-refractivity contribution in [3.05, 3.63) is 0 Å². The lowest BCUT2D eigenvalue weighted by molar-refractivity contribution is -0.156. The lowest BCUT2D eigenvalue weighted by Gasteiger charge is -2.33. The van der Waals surface area contributed by atoms with Crippen LogP contribution in [0.1, 0.15) is 118 Å². The lowest BCUT2D eigenvalue weighted by atomic mass is 9.74. The maximum atomic E-state index is 12.3. The summed E-state index contributed by atoms with van der Waals surface area (Å²) in [6.45, 7) is 8.64. The minimum Gasteiger partial charge on any atom is -0.481 e. The molecule has 0 radical (unpaired) electrons. The van der Waals surface area contributed by atoms with Crippen LogP contribution in [0.3, 0.4) is 0 Å². The van der Waals surface area contributed by atoms with Crippen molar-refractivity contribution in [2.24, 2.45) is 17.3 Å². The lowest BCUT2D eigenvalue weighted by Crippen LogP contribution is -2.51. The number of carbonyl (C=O) groups is 2. The molecule has 190 valence electrons. The van der Waals surface area contributed by atoms with Gasteiger partial charge in [-0.15, -0.1) is 0 Å². The summed E-state index contributed by atoms with van der Waals surface area (Å²) >= 11 is 0. The highest BCUT2D eigenvalue weighted by Gasteiger charge is 2.55. The van der Waals surface area contributed by atoms with Crippen molar-refractivity contribution < 1.29 is 32.8 Å². The van der Waals surface area contributed by atoms with E-state index in [9.17, 15) is 32.8 Å². The quantitative estimate of drug-likeness (QED) is 0.141. The SMILES string of the molecule is CC(C)CCCCCCCC(CCCCCCCC(C)C)(C(=O)O)C(C(=O)O)S(=O)(=O)O. The van der Waals surface area contributed by atoms with Crippen molar-refractivity contribution >= 4 is 22.1 Å². The molecule has 0 aliphatic heterocycles. The summed E-state index contributed by atoms with van der Waals surface area (Å²) in [7, 11) is -5.07. The highest BCUT2D eigenvalue weighted by atomic mass is 32.2. The molecule has 8 heteroatoms. The van der Waals surface area contributed by atoms with Gasteiger partial charge in [-0.3, -0.25) is 14.1 Å². The molecule has 0 aliphatic rings. The first-order valence-electron chi connectivity index (χ1n) is 12.3. The molecule has 0 aromatic heterocycles. The smallest absolute Gasteiger partial charge is 0.325 e. The molecule has 0 bridgehead atoms. The van der Waals surface area contributed by atoms with Gasteiger partial charge < -0.3 is 10.2 Å². The first kappa shape index (κ1) is 30.9. The van der Waals surface area contributed by atoms with Gasteiger partial charge in [0.15, 0.2) is 5.25 Å². The Balaban J connectivity index is 5.12. The zero-order valence-electron chi connectivity index (χ0n) is 20.5. The van der Waals surface area contributed by atoms with Crippen molar-refractivity contribution in [1.29, 1.82) is 0 Å². The maximum absolute atomic E-state index is 12.3. The summed E-state index contributed by atoms with van der Waals surface area (Å²) in [5.41, 5.74) is -2.02. The summed E-state index contributed by atoms with van der Waals surface area (Å²) in [6, 6.07) is 0. The molecule has 32 heavy (non-hydrogen) atoms. The summed E-state index contributed by atoms with van der Waals surface area (Å²) in [5.74, 6) is -2.00. The fourth-order valence-electron chi connectivity index (χ4n) is 4.41. The third-order valence-electron chi connectivity index (χ3n) is 6.26. The molecule has 0 spiro atoms. The van der Waals surface area contributed by atoms with E-state index >= 15 is 0 Å². The second kappa shape index (κ2) is 15.6. The summed E-state index contributed by atoms with van der Waals surface area (Å²) in [4.78, 5) is 24.0. The zero-order chi connectivity index (χ0) is 24.8. The van der Waals surface area contributed by atoms with Gasteiger partial charge in [0.2, 0.25) is 0 Å². The molecular formula is C24H46O7S. The van der Waals surface area contributed by atoms with Crippen LogP contribution in [0.2, 0.25) is 0 Å². The Labute approximate surface area is 195 Å². The number of rotatable bonds is 20. The van der Waals surface area contributed by atoms with Gasteiger partial charge in [0.05, 0.1) is 5.41 Å². The van der Waals surface area contributed by atoms with Gasteiger partial charge in [-0.25, -0.2) is 0 Å². The Kier molecular flexibility index (Phi) is 15.1. The van der Waals surface area contributed by atoms with Gasteiger partial charge in [-0.1, -0.05) is 105 Å². The monoisotopic (exact) mass is 478 g/mol. The molecule has 0 rings (SSSR count). The van der Waals surface area contributed by atoms with Crippen LogP contribution >= 0.6 is 0 Å². The Bertz CT molecular complexity index is 619. The molecule has 0 aromatic carbocycles. The zero-order valence-corrected chi connectivity index (χ0v) is 21.3. The van der Waals surface area contributed by atoms with E-state index < -0.39 is 32.7 Å². The van der Waals surface area contributed by atoms with Gasteiger partial charge in [0.25, 0.3) is 10.1 Å². The van der Waals surface area contributed by atoms with Crippen LogP contribution in [-0.2, 0) is 19.7 Å². The average molecular weight is 479 g/mol. The Morgan fingerprint density at radius 1 is 0.688 bits per heavy atom. The van der Waals surface area contributed by atoms with Crippen LogP contribution in [0, 0.1) is 17.3 Å². The topological polar surface area (TPSA) is 129 Å². The van der Waals surface area contributed by atoms with E-state index in [4.69, 9.17) is 0 Å². The second-order valence-electron chi connectivity index (χ2n) is 10.1. The minimum absolute atomic E-state index is 0.0728. The second-order valence-corrected chi connectivity index (χ2v) is 11.6. The molecule has 0 fully saturated rings. The summed E-state index contributed by atoms with van der Waals surface area (Å²) < 4.78 is 33.4. The highest BCUT2D eigenvalue weighted by Crippen LogP contribution is 2.39. The number of unbranched alkanes of at least 4 members (excludes halogenated alkanes) is 8. The maximum Gasteiger partial charge on any atom is 0.325 e. The largest absolute Gasteiger partial charge is 0.481 e. The van der Waals surface area contributed by atoms with Gasteiger partial charge in [0.1, 0.15) is 0 Å². The van der Waals surface area contributed by atoms with Crippen molar-refractivity contribution in [3.8, 4) is 0 Å². The first-order valence-corrected chi connectivity index (χ1v) is 13.8. The number of carboxylic acids is 2. The molecule has 1 atom stereocenters. The Hall–Kier alpha value is -1.15. The van der Waals surface area contributed by atoms with E-state index in [0.717, 1.165) is 51.4 Å². The number of hydrogen-bond acceptors (Lipinski definition) is 4. The molecule has 3 N–H and O–H groups in total. The fourth-order valence-corrected chi connectivity index (χ4v) is 5.57. The van der Waals surface area contributed by atoms with Gasteiger partial charge in [0, 0.05) is 0 Å². The van der Waals surface area contributed by atoms with E-state index in [1.165, 1.54) is 0 Å². The van der Waals surface area contributed by atoms with Crippen LogP contribution in [0.5, 0.6) is 0 Å². The predicted octanol–water partition coefficient (Wildman–Crippen LogP) is 6.17. The standard InChI is InChI=1S/C24H46O7S/c1-19(2)15-11-7-5-9-13-17-24(23(27)28,21(22(25)26)32(29,30)31)18-14-10-6-8-12-16-20(3)4/h19-21H,5-18H2,1-4H3,(H,25,26)(H,27,28)(H,29,30,31). The molecule has 1 unspecified atom stereocenters. The molecule has 0 aliphatic carbocycles. The highest BCUT2D eigenvalue weighted by molar-refractivity contribution is 7.87. The molecule has 0 amide bonds. The Morgan fingerprint density at radius 3 is 1.31 bits per heavy atom. The number of aliphatic carboxylic acids is 2. The van der Waals surface area contributed by atoms with Crippen molar-refractivity contribution in [3.63, 3.8) is 0 Å². The van der Waals surface area contributed by atoms with E-state index in [1.54, 1.807) is 0 Å². The normalized spacial score (nSPS) is 13.6. The van der Waals surface area contributed by atoms with Crippen LogP contribution in [-0.4, -0.2) is 40.4 Å². The fraction of sp³-hybridized carbons (Fsp3) is 0.917. The van der Waals surface area contributed by atoms with Gasteiger partial charge in [-0.2, -0.15) is 8.42 Å². The predicted molar refractivity (Wildman–Crippen MR) is 127 cm³/mol. The van der Waals surface area contributed by atoms with Crippen LogP contribution in [0.15, 0.2) is 0 Å². The molecular weight excluding hydrogens is 432 g/mol. The van der Waals surface area contributed by atoms with E-state index in [2.05, 4.69) is 27.7 Å². The van der Waals surface area contributed by atoms with E-state index in [1.807, 2.05) is 0 Å². The molecule has 0 heterocycles. The first-order chi connectivity index (χ1) is 14.8. The van der Waals surface area contributed by atoms with Crippen LogP contribution in [0.4, 0.5) is 0 Å². The van der Waals surface area contributed by atoms with Gasteiger partial charge in [-0.05, 0) is 24.7 Å². The van der Waals surface area contributed by atoms with Crippen molar-refractivity contribution in [2.75, 3.05) is 0 Å². The molecule has 7 nitrogen and oxygen atoms in total. The molecule has 0 saturated heterocycles. The number of hydrogen-bond donors (Lipinski definition) is 3.